The third kappa shape index (κ3) is 2.82. The first kappa shape index (κ1) is 14.5. The minimum Gasteiger partial charge on any atom is -0.465 e. The van der Waals surface area contributed by atoms with Crippen LogP contribution in [0.15, 0.2) is 30.3 Å². The third-order valence-electron chi connectivity index (χ3n) is 2.89. The number of thiol groups is 1. The number of benzene rings is 2. The molecule has 1 unspecified atom stereocenters. The number of pyridine rings is 1. The number of ether oxygens (including phenoxy) is 1. The molecule has 0 aliphatic heterocycles. The number of carbonyl (C=O) groups is 2. The molecule has 2 aromatic carbocycles. The molecule has 0 spiro atoms. The number of esters is 1. The van der Waals surface area contributed by atoms with Crippen molar-refractivity contribution in [3.63, 3.8) is 0 Å². The first-order valence-electron chi connectivity index (χ1n) is 6.30. The van der Waals surface area contributed by atoms with Crippen LogP contribution in [-0.2, 0) is 14.3 Å². The van der Waals surface area contributed by atoms with E-state index in [0.717, 1.165) is 5.52 Å². The maximum Gasteiger partial charge on any atom is 0.326 e. The van der Waals surface area contributed by atoms with Gasteiger partial charge in [-0.15, -0.1) is 0 Å². The van der Waals surface area contributed by atoms with E-state index in [4.69, 9.17) is 0 Å². The van der Waals surface area contributed by atoms with Gasteiger partial charge in [0.05, 0.1) is 17.6 Å². The molecule has 5 heteroatoms. The van der Waals surface area contributed by atoms with Crippen LogP contribution in [0.5, 0.6) is 0 Å². The van der Waals surface area contributed by atoms with E-state index in [9.17, 15) is 9.59 Å². The van der Waals surface area contributed by atoms with Crippen molar-refractivity contribution in [3.8, 4) is 0 Å². The van der Waals surface area contributed by atoms with Crippen LogP contribution in [0.2, 0.25) is 0 Å². The lowest BCUT2D eigenvalue weighted by molar-refractivity contribution is -0.144. The molecular weight excluding hydrogens is 274 g/mol. The van der Waals surface area contributed by atoms with Gasteiger partial charge in [-0.2, -0.15) is 12.6 Å². The number of aromatic nitrogens is 1. The van der Waals surface area contributed by atoms with Gasteiger partial charge in [0.2, 0.25) is 0 Å². The van der Waals surface area contributed by atoms with Gasteiger partial charge in [-0.1, -0.05) is 24.3 Å². The first-order valence-corrected chi connectivity index (χ1v) is 6.81. The maximum atomic E-state index is 10.7. The minimum atomic E-state index is -0.917. The van der Waals surface area contributed by atoms with Gasteiger partial charge >= 0.3 is 5.97 Å². The number of para-hydroxylation sites is 1. The minimum absolute atomic E-state index is 0.281. The largest absolute Gasteiger partial charge is 0.465 e. The number of hydrogen-bond acceptors (Lipinski definition) is 5. The van der Waals surface area contributed by atoms with Gasteiger partial charge in [0.1, 0.15) is 0 Å². The van der Waals surface area contributed by atoms with Gasteiger partial charge in [-0.25, -0.2) is 4.98 Å². The summed E-state index contributed by atoms with van der Waals surface area (Å²) < 4.78 is 4.53. The normalized spacial score (nSPS) is 12.2. The highest BCUT2D eigenvalue weighted by atomic mass is 32.1. The first-order chi connectivity index (χ1) is 9.54. The molecule has 0 saturated carbocycles. The Hall–Kier alpha value is -1.88. The lowest BCUT2D eigenvalue weighted by Crippen LogP contribution is -2.24. The molecule has 20 heavy (non-hydrogen) atoms. The number of carbonyl (C=O) groups excluding carboxylic acids is 2. The number of hydrogen-bond donors (Lipinski definition) is 1. The summed E-state index contributed by atoms with van der Waals surface area (Å²) in [7, 11) is 0. The van der Waals surface area contributed by atoms with Gasteiger partial charge in [-0.05, 0) is 19.9 Å². The Labute approximate surface area is 122 Å². The molecule has 104 valence electrons. The number of ketones is 1. The average molecular weight is 289 g/mol. The Morgan fingerprint density at radius 1 is 1.30 bits per heavy atom. The quantitative estimate of drug-likeness (QED) is 0.457. The Morgan fingerprint density at radius 3 is 2.55 bits per heavy atom. The average Bonchev–Trinajstić information content (AvgIpc) is 2.42. The molecule has 4 aromatic rings. The Bertz CT molecular complexity index is 672. The van der Waals surface area contributed by atoms with Crippen molar-refractivity contribution < 1.29 is 14.3 Å². The van der Waals surface area contributed by atoms with Gasteiger partial charge in [0.15, 0.2) is 11.0 Å². The summed E-state index contributed by atoms with van der Waals surface area (Å²) in [5.74, 6) is -0.861. The van der Waals surface area contributed by atoms with E-state index in [0.29, 0.717) is 0 Å². The van der Waals surface area contributed by atoms with Crippen molar-refractivity contribution in [2.45, 2.75) is 19.1 Å². The van der Waals surface area contributed by atoms with Gasteiger partial charge < -0.3 is 4.74 Å². The zero-order valence-corrected chi connectivity index (χ0v) is 12.2. The summed E-state index contributed by atoms with van der Waals surface area (Å²) in [6.45, 7) is 3.26. The Morgan fingerprint density at radius 2 is 2.05 bits per heavy atom. The fourth-order valence-electron chi connectivity index (χ4n) is 1.84. The fourth-order valence-corrected chi connectivity index (χ4v) is 1.91. The highest BCUT2D eigenvalue weighted by molar-refractivity contribution is 7.82. The molecule has 0 radical (unpaired) electrons. The second kappa shape index (κ2) is 6.05. The SMILES string of the molecule is CCOC(=O)C(S)C(C)=O.c1cc2ccc3c(c1)c2N=3. The molecule has 4 rings (SSSR count). The topological polar surface area (TPSA) is 56.3 Å². The molecule has 2 aromatic heterocycles. The number of Topliss-reactive ketones (excluding diaryl/α,β-unsaturated/α-hetero) is 1. The lowest BCUT2D eigenvalue weighted by atomic mass is 10.1. The van der Waals surface area contributed by atoms with Gasteiger partial charge in [0.25, 0.3) is 0 Å². The summed E-state index contributed by atoms with van der Waals surface area (Å²) in [6, 6.07) is 10.5. The van der Waals surface area contributed by atoms with E-state index in [-0.39, 0.29) is 12.4 Å². The second-order valence-corrected chi connectivity index (χ2v) is 4.86. The molecule has 4 bridgehead atoms. The summed E-state index contributed by atoms with van der Waals surface area (Å²) in [5.41, 5.74) is 2.32. The lowest BCUT2D eigenvalue weighted by Gasteiger charge is -2.07. The molecule has 2 heterocycles. The van der Waals surface area contributed by atoms with Crippen molar-refractivity contribution >= 4 is 46.2 Å². The molecule has 0 amide bonds. The van der Waals surface area contributed by atoms with E-state index >= 15 is 0 Å². The molecule has 0 aliphatic carbocycles. The number of fused-ring (bicyclic) bond motifs is 1. The monoisotopic (exact) mass is 289 g/mol. The van der Waals surface area contributed by atoms with Crippen molar-refractivity contribution in [1.29, 1.82) is 0 Å². The van der Waals surface area contributed by atoms with Crippen molar-refractivity contribution in [2.75, 3.05) is 6.61 Å². The van der Waals surface area contributed by atoms with Crippen LogP contribution in [0.3, 0.4) is 0 Å². The van der Waals surface area contributed by atoms with Crippen LogP contribution in [0.1, 0.15) is 13.8 Å². The molecule has 0 saturated heterocycles. The predicted octanol–water partition coefficient (Wildman–Crippen LogP) is 2.70. The molecule has 0 N–H and O–H groups in total. The summed E-state index contributed by atoms with van der Waals surface area (Å²) in [6.07, 6.45) is 0. The van der Waals surface area contributed by atoms with Crippen LogP contribution >= 0.6 is 12.6 Å². The van der Waals surface area contributed by atoms with Crippen LogP contribution in [0.4, 0.5) is 0 Å². The van der Waals surface area contributed by atoms with Crippen LogP contribution < -0.4 is 0 Å². The van der Waals surface area contributed by atoms with Gasteiger partial charge in [-0.3, -0.25) is 9.59 Å². The standard InChI is InChI=1S/C9H5N.C6H10O3S/c1-2-6-4-5-8-7(3-1)9(6)10-8;1-3-9-6(8)5(10)4(2)7/h1-5H;5,10H,3H2,1-2H3. The van der Waals surface area contributed by atoms with E-state index < -0.39 is 11.2 Å². The molecule has 1 atom stereocenters. The van der Waals surface area contributed by atoms with Crippen molar-refractivity contribution in [3.05, 3.63) is 30.3 Å². The predicted molar refractivity (Wildman–Crippen MR) is 81.7 cm³/mol. The van der Waals surface area contributed by atoms with E-state index in [1.807, 2.05) is 0 Å². The number of rotatable bonds is 3. The second-order valence-electron chi connectivity index (χ2n) is 4.34. The zero-order valence-electron chi connectivity index (χ0n) is 11.3. The zero-order chi connectivity index (χ0) is 14.7. The summed E-state index contributed by atoms with van der Waals surface area (Å²) in [4.78, 5) is 25.4. The summed E-state index contributed by atoms with van der Waals surface area (Å²) >= 11 is 3.73. The molecule has 4 nitrogen and oxygen atoms in total. The highest BCUT2D eigenvalue weighted by Gasteiger charge is 2.19. The maximum absolute atomic E-state index is 10.7. The summed E-state index contributed by atoms with van der Waals surface area (Å²) in [5, 5.41) is 1.66. The van der Waals surface area contributed by atoms with Crippen LogP contribution in [-0.4, -0.2) is 28.6 Å². The smallest absolute Gasteiger partial charge is 0.326 e. The van der Waals surface area contributed by atoms with Crippen molar-refractivity contribution in [2.24, 2.45) is 0 Å². The molecule has 0 aliphatic rings. The van der Waals surface area contributed by atoms with Crippen LogP contribution in [0.25, 0.3) is 21.8 Å². The van der Waals surface area contributed by atoms with E-state index in [2.05, 4.69) is 52.7 Å². The fraction of sp³-hybridized carbons (Fsp3) is 0.267. The van der Waals surface area contributed by atoms with Crippen molar-refractivity contribution in [1.82, 2.24) is 4.98 Å². The Balaban J connectivity index is 0.000000147. The number of nitrogens with zero attached hydrogens (tertiary/aromatic N) is 1. The van der Waals surface area contributed by atoms with E-state index in [1.54, 1.807) is 6.92 Å². The molecular formula is C15H15NO3S. The van der Waals surface area contributed by atoms with Gasteiger partial charge in [0, 0.05) is 10.8 Å². The molecule has 0 fully saturated rings. The highest BCUT2D eigenvalue weighted by Crippen LogP contribution is 2.28. The Kier molecular flexibility index (Phi) is 4.39. The third-order valence-corrected chi connectivity index (χ3v) is 3.47. The van der Waals surface area contributed by atoms with Crippen LogP contribution in [0, 0.1) is 0 Å². The van der Waals surface area contributed by atoms with E-state index in [1.165, 1.54) is 23.2 Å².